The molecule has 0 amide bonds. The zero-order valence-electron chi connectivity index (χ0n) is 33.3. The topological polar surface area (TPSA) is 38.9 Å². The molecular weight excluding hydrogens is 729 g/mol. The molecule has 282 valence electrons. The standard InChI is InChI=1S/C57H38N2O/c1-57(2)48-26-13-24-40(53(48)47-30-29-35-15-6-7-20-41(35)55(47)57)38-19-12-18-37(33-38)39-31-32-44(43-22-9-8-21-42(39)43)49-34-50(59-56(58-49)36-16-4-3-5-17-36)45-25-14-28-52-54(45)46-23-10-11-27-51(46)60-52/h3-34H,1-2H3. The van der Waals surface area contributed by atoms with Gasteiger partial charge in [0, 0.05) is 32.9 Å². The summed E-state index contributed by atoms with van der Waals surface area (Å²) in [6.07, 6.45) is 0. The Hall–Kier alpha value is -7.62. The molecule has 0 aliphatic heterocycles. The molecule has 0 spiro atoms. The molecule has 2 aromatic heterocycles. The first-order valence-corrected chi connectivity index (χ1v) is 20.7. The number of nitrogens with zero attached hydrogens (tertiary/aromatic N) is 2. The number of furan rings is 1. The molecule has 9 aromatic carbocycles. The van der Waals surface area contributed by atoms with Gasteiger partial charge in [0.05, 0.1) is 11.4 Å². The van der Waals surface area contributed by atoms with Crippen LogP contribution in [-0.4, -0.2) is 9.97 Å². The Morgan fingerprint density at radius 3 is 1.82 bits per heavy atom. The predicted octanol–water partition coefficient (Wildman–Crippen LogP) is 15.3. The van der Waals surface area contributed by atoms with E-state index in [0.29, 0.717) is 5.82 Å². The molecule has 2 heterocycles. The fourth-order valence-corrected chi connectivity index (χ4v) is 9.95. The molecule has 0 saturated carbocycles. The minimum atomic E-state index is -0.120. The number of aromatic nitrogens is 2. The van der Waals surface area contributed by atoms with Gasteiger partial charge in [0.15, 0.2) is 5.82 Å². The molecule has 0 bridgehead atoms. The average Bonchev–Trinajstić information content (AvgIpc) is 3.81. The third-order valence-corrected chi connectivity index (χ3v) is 12.7. The Labute approximate surface area is 348 Å². The molecule has 0 unspecified atom stereocenters. The van der Waals surface area contributed by atoms with Gasteiger partial charge in [-0.1, -0.05) is 184 Å². The van der Waals surface area contributed by atoms with Crippen molar-refractivity contribution >= 4 is 43.5 Å². The van der Waals surface area contributed by atoms with Gasteiger partial charge in [-0.15, -0.1) is 0 Å². The molecular formula is C57H38N2O. The van der Waals surface area contributed by atoms with E-state index in [4.69, 9.17) is 14.4 Å². The lowest BCUT2D eigenvalue weighted by Crippen LogP contribution is -2.15. The van der Waals surface area contributed by atoms with E-state index in [1.165, 1.54) is 60.7 Å². The van der Waals surface area contributed by atoms with E-state index < -0.39 is 0 Å². The number of rotatable bonds is 5. The molecule has 0 radical (unpaired) electrons. The fourth-order valence-electron chi connectivity index (χ4n) is 9.95. The summed E-state index contributed by atoms with van der Waals surface area (Å²) in [5.41, 5.74) is 16.7. The van der Waals surface area contributed by atoms with E-state index in [-0.39, 0.29) is 5.41 Å². The van der Waals surface area contributed by atoms with Gasteiger partial charge >= 0.3 is 0 Å². The lowest BCUT2D eigenvalue weighted by Gasteiger charge is -2.23. The summed E-state index contributed by atoms with van der Waals surface area (Å²) in [5.74, 6) is 0.682. The van der Waals surface area contributed by atoms with E-state index in [9.17, 15) is 0 Å². The molecule has 1 aliphatic carbocycles. The Kier molecular flexibility index (Phi) is 7.58. The molecule has 60 heavy (non-hydrogen) atoms. The van der Waals surface area contributed by atoms with Crippen molar-refractivity contribution in [3.8, 4) is 67.3 Å². The van der Waals surface area contributed by atoms with Crippen LogP contribution in [0.1, 0.15) is 25.0 Å². The summed E-state index contributed by atoms with van der Waals surface area (Å²) in [4.78, 5) is 10.5. The Balaban J connectivity index is 1.02. The Morgan fingerprint density at radius 2 is 0.983 bits per heavy atom. The lowest BCUT2D eigenvalue weighted by molar-refractivity contribution is 0.666. The van der Waals surface area contributed by atoms with Gasteiger partial charge < -0.3 is 4.42 Å². The molecule has 0 atom stereocenters. The summed E-state index contributed by atoms with van der Waals surface area (Å²) in [7, 11) is 0. The lowest BCUT2D eigenvalue weighted by atomic mass is 9.80. The highest BCUT2D eigenvalue weighted by molar-refractivity contribution is 6.12. The summed E-state index contributed by atoms with van der Waals surface area (Å²) < 4.78 is 6.31. The maximum Gasteiger partial charge on any atom is 0.160 e. The molecule has 3 heteroatoms. The van der Waals surface area contributed by atoms with Gasteiger partial charge in [0.2, 0.25) is 0 Å². The minimum Gasteiger partial charge on any atom is -0.456 e. The summed E-state index contributed by atoms with van der Waals surface area (Å²) in [6, 6.07) is 69.4. The summed E-state index contributed by atoms with van der Waals surface area (Å²) >= 11 is 0. The van der Waals surface area contributed by atoms with Crippen molar-refractivity contribution in [1.82, 2.24) is 9.97 Å². The predicted molar refractivity (Wildman–Crippen MR) is 249 cm³/mol. The van der Waals surface area contributed by atoms with Crippen LogP contribution in [-0.2, 0) is 5.41 Å². The highest BCUT2D eigenvalue weighted by atomic mass is 16.3. The van der Waals surface area contributed by atoms with Crippen molar-refractivity contribution in [2.24, 2.45) is 0 Å². The normalized spacial score (nSPS) is 13.0. The zero-order valence-corrected chi connectivity index (χ0v) is 33.3. The van der Waals surface area contributed by atoms with Crippen molar-refractivity contribution in [1.29, 1.82) is 0 Å². The number of benzene rings is 9. The highest BCUT2D eigenvalue weighted by Gasteiger charge is 2.38. The number of hydrogen-bond donors (Lipinski definition) is 0. The smallest absolute Gasteiger partial charge is 0.160 e. The Morgan fingerprint density at radius 1 is 0.400 bits per heavy atom. The van der Waals surface area contributed by atoms with E-state index >= 15 is 0 Å². The van der Waals surface area contributed by atoms with Crippen LogP contribution in [0.2, 0.25) is 0 Å². The highest BCUT2D eigenvalue weighted by Crippen LogP contribution is 2.54. The molecule has 11 aromatic rings. The van der Waals surface area contributed by atoms with Crippen molar-refractivity contribution in [3.63, 3.8) is 0 Å². The maximum absolute atomic E-state index is 6.31. The average molecular weight is 767 g/mol. The minimum absolute atomic E-state index is 0.120. The third-order valence-electron chi connectivity index (χ3n) is 12.7. The SMILES string of the molecule is CC1(C)c2cccc(-c3cccc(-c4ccc(-c5cc(-c6cccc7oc8ccccc8c67)nc(-c6ccccc6)n5)c5ccccc45)c3)c2-c2ccc3ccccc3c21. The van der Waals surface area contributed by atoms with Crippen LogP contribution < -0.4 is 0 Å². The number of para-hydroxylation sites is 1. The van der Waals surface area contributed by atoms with Crippen molar-refractivity contribution in [2.45, 2.75) is 19.3 Å². The number of hydrogen-bond acceptors (Lipinski definition) is 3. The molecule has 3 nitrogen and oxygen atoms in total. The second-order valence-electron chi connectivity index (χ2n) is 16.5. The van der Waals surface area contributed by atoms with Crippen molar-refractivity contribution in [2.75, 3.05) is 0 Å². The molecule has 12 rings (SSSR count). The van der Waals surface area contributed by atoms with E-state index in [1.54, 1.807) is 0 Å². The second kappa shape index (κ2) is 13.2. The third kappa shape index (κ3) is 5.22. The fraction of sp³-hybridized carbons (Fsp3) is 0.0526. The summed E-state index contributed by atoms with van der Waals surface area (Å²) in [6.45, 7) is 4.75. The van der Waals surface area contributed by atoms with Gasteiger partial charge in [0.1, 0.15) is 11.2 Å². The first-order chi connectivity index (χ1) is 29.5. The molecule has 0 fully saturated rings. The van der Waals surface area contributed by atoms with E-state index in [2.05, 4.69) is 166 Å². The van der Waals surface area contributed by atoms with Gasteiger partial charge in [-0.3, -0.25) is 0 Å². The van der Waals surface area contributed by atoms with Crippen LogP contribution in [0.4, 0.5) is 0 Å². The largest absolute Gasteiger partial charge is 0.456 e. The van der Waals surface area contributed by atoms with Crippen LogP contribution in [0.15, 0.2) is 199 Å². The van der Waals surface area contributed by atoms with Gasteiger partial charge in [-0.2, -0.15) is 0 Å². The van der Waals surface area contributed by atoms with Crippen LogP contribution in [0.3, 0.4) is 0 Å². The van der Waals surface area contributed by atoms with Crippen LogP contribution in [0.25, 0.3) is 111 Å². The molecule has 0 saturated heterocycles. The Bertz CT molecular complexity index is 3520. The van der Waals surface area contributed by atoms with Crippen LogP contribution >= 0.6 is 0 Å². The molecule has 1 aliphatic rings. The maximum atomic E-state index is 6.31. The first kappa shape index (κ1) is 34.4. The van der Waals surface area contributed by atoms with Crippen LogP contribution in [0, 0.1) is 0 Å². The van der Waals surface area contributed by atoms with Gasteiger partial charge in [-0.05, 0) is 90.3 Å². The second-order valence-corrected chi connectivity index (χ2v) is 16.5. The van der Waals surface area contributed by atoms with Crippen molar-refractivity contribution in [3.05, 3.63) is 205 Å². The molecule has 0 N–H and O–H groups in total. The quantitative estimate of drug-likeness (QED) is 0.175. The van der Waals surface area contributed by atoms with Gasteiger partial charge in [-0.25, -0.2) is 9.97 Å². The zero-order chi connectivity index (χ0) is 40.0. The summed E-state index contributed by atoms with van der Waals surface area (Å²) in [5, 5.41) is 7.06. The number of fused-ring (bicyclic) bond motifs is 9. The van der Waals surface area contributed by atoms with Gasteiger partial charge in [0.25, 0.3) is 0 Å². The first-order valence-electron chi connectivity index (χ1n) is 20.7. The van der Waals surface area contributed by atoms with Crippen molar-refractivity contribution < 1.29 is 4.42 Å². The van der Waals surface area contributed by atoms with Crippen LogP contribution in [0.5, 0.6) is 0 Å². The monoisotopic (exact) mass is 766 g/mol. The van der Waals surface area contributed by atoms with E-state index in [1.807, 2.05) is 42.5 Å². The van der Waals surface area contributed by atoms with E-state index in [0.717, 1.165) is 55.4 Å².